The lowest BCUT2D eigenvalue weighted by molar-refractivity contribution is -0.117. The van der Waals surface area contributed by atoms with Gasteiger partial charge in [-0.15, -0.1) is 0 Å². The van der Waals surface area contributed by atoms with Gasteiger partial charge in [-0.25, -0.2) is 4.98 Å². The number of benzene rings is 2. The van der Waals surface area contributed by atoms with E-state index in [1.54, 1.807) is 43.3 Å². The van der Waals surface area contributed by atoms with Crippen molar-refractivity contribution >= 4 is 40.2 Å². The third-order valence-electron chi connectivity index (χ3n) is 4.13. The van der Waals surface area contributed by atoms with E-state index in [0.29, 0.717) is 32.5 Å². The molecular formula is C19H18ClN3O3S. The highest BCUT2D eigenvalue weighted by atomic mass is 35.5. The number of fused-ring (bicyclic) bond motifs is 1. The summed E-state index contributed by atoms with van der Waals surface area (Å²) in [5.74, 6) is -0.0634. The molecule has 8 heteroatoms. The summed E-state index contributed by atoms with van der Waals surface area (Å²) in [7, 11) is 1.50. The van der Waals surface area contributed by atoms with Gasteiger partial charge in [-0.2, -0.15) is 0 Å². The predicted octanol–water partition coefficient (Wildman–Crippen LogP) is 3.32. The Kier molecular flexibility index (Phi) is 5.43. The number of aromatic nitrogens is 2. The number of methoxy groups -OCH3 is 1. The minimum atomic E-state index is -0.566. The number of nitrogens with two attached hydrogens (primary N) is 1. The van der Waals surface area contributed by atoms with Gasteiger partial charge in [0.1, 0.15) is 5.75 Å². The lowest BCUT2D eigenvalue weighted by Gasteiger charge is -2.18. The molecular weight excluding hydrogens is 386 g/mol. The Morgan fingerprint density at radius 2 is 2.04 bits per heavy atom. The van der Waals surface area contributed by atoms with Crippen LogP contribution < -0.4 is 16.0 Å². The van der Waals surface area contributed by atoms with Crippen molar-refractivity contribution in [2.45, 2.75) is 24.3 Å². The molecule has 1 heterocycles. The van der Waals surface area contributed by atoms with Crippen LogP contribution in [-0.2, 0) is 4.79 Å². The highest BCUT2D eigenvalue weighted by Crippen LogP contribution is 2.32. The van der Waals surface area contributed by atoms with Gasteiger partial charge in [0.25, 0.3) is 5.56 Å². The van der Waals surface area contributed by atoms with Crippen molar-refractivity contribution in [1.82, 2.24) is 9.55 Å². The number of aryl methyl sites for hydroxylation is 1. The Labute approximate surface area is 165 Å². The Morgan fingerprint density at radius 3 is 2.70 bits per heavy atom. The number of carbonyl (C=O) groups excluding carboxylic acids is 1. The zero-order chi connectivity index (χ0) is 19.7. The second-order valence-electron chi connectivity index (χ2n) is 5.99. The number of nitrogens with zero attached hydrogens (tertiary/aromatic N) is 2. The standard InChI is InChI=1S/C19H18ClN3O3S/c1-10-8-15(16(26-3)9-13(10)20)23-18(25)12-6-4-5-7-14(12)22-19(23)27-11(2)17(21)24/h4-9,11H,1-3H3,(H2,21,24)/t11-/m0/s1. The second-order valence-corrected chi connectivity index (χ2v) is 7.70. The first-order chi connectivity index (χ1) is 12.8. The number of carbonyl (C=O) groups is 1. The lowest BCUT2D eigenvalue weighted by atomic mass is 10.2. The average molecular weight is 404 g/mol. The maximum Gasteiger partial charge on any atom is 0.266 e. The van der Waals surface area contributed by atoms with Crippen molar-refractivity contribution in [3.05, 3.63) is 57.3 Å². The summed E-state index contributed by atoms with van der Waals surface area (Å²) in [5.41, 5.74) is 6.97. The molecule has 0 aliphatic rings. The third-order valence-corrected chi connectivity index (χ3v) is 5.61. The lowest BCUT2D eigenvalue weighted by Crippen LogP contribution is -2.26. The number of hydrogen-bond donors (Lipinski definition) is 1. The van der Waals surface area contributed by atoms with E-state index >= 15 is 0 Å². The highest BCUT2D eigenvalue weighted by molar-refractivity contribution is 8.00. The van der Waals surface area contributed by atoms with Crippen molar-refractivity contribution in [1.29, 1.82) is 0 Å². The molecule has 1 amide bonds. The molecule has 3 rings (SSSR count). The van der Waals surface area contributed by atoms with E-state index in [0.717, 1.165) is 17.3 Å². The van der Waals surface area contributed by atoms with Crippen LogP contribution in [0.1, 0.15) is 12.5 Å². The van der Waals surface area contributed by atoms with Gasteiger partial charge in [-0.3, -0.25) is 14.2 Å². The van der Waals surface area contributed by atoms with Gasteiger partial charge in [-0.05, 0) is 37.6 Å². The first-order valence-electron chi connectivity index (χ1n) is 8.15. The second kappa shape index (κ2) is 7.62. The van der Waals surface area contributed by atoms with Crippen LogP contribution in [0.3, 0.4) is 0 Å². The zero-order valence-electron chi connectivity index (χ0n) is 15.0. The fourth-order valence-corrected chi connectivity index (χ4v) is 3.63. The molecule has 0 spiro atoms. The molecule has 0 radical (unpaired) electrons. The van der Waals surface area contributed by atoms with Crippen LogP contribution in [0.15, 0.2) is 46.3 Å². The van der Waals surface area contributed by atoms with Gasteiger partial charge in [0, 0.05) is 11.1 Å². The molecule has 2 N–H and O–H groups in total. The summed E-state index contributed by atoms with van der Waals surface area (Å²) >= 11 is 7.32. The molecule has 0 unspecified atom stereocenters. The first-order valence-corrected chi connectivity index (χ1v) is 9.41. The number of amides is 1. The van der Waals surface area contributed by atoms with E-state index < -0.39 is 11.2 Å². The summed E-state index contributed by atoms with van der Waals surface area (Å²) in [5, 5.41) is 0.772. The van der Waals surface area contributed by atoms with Crippen LogP contribution in [0.5, 0.6) is 5.75 Å². The van der Waals surface area contributed by atoms with E-state index in [1.165, 1.54) is 11.7 Å². The van der Waals surface area contributed by atoms with Gasteiger partial charge in [-0.1, -0.05) is 35.5 Å². The fraction of sp³-hybridized carbons (Fsp3) is 0.211. The molecule has 140 valence electrons. The summed E-state index contributed by atoms with van der Waals surface area (Å²) in [6.07, 6.45) is 0. The third kappa shape index (κ3) is 3.65. The SMILES string of the molecule is COc1cc(Cl)c(C)cc1-n1c(S[C@@H](C)C(N)=O)nc2ccccc2c1=O. The minimum absolute atomic E-state index is 0.264. The van der Waals surface area contributed by atoms with Crippen LogP contribution in [0.4, 0.5) is 0 Å². The molecule has 0 saturated carbocycles. The van der Waals surface area contributed by atoms with Crippen LogP contribution in [0, 0.1) is 6.92 Å². The Morgan fingerprint density at radius 1 is 1.33 bits per heavy atom. The molecule has 0 bridgehead atoms. The molecule has 0 aliphatic carbocycles. The number of ether oxygens (including phenoxy) is 1. The van der Waals surface area contributed by atoms with Crippen LogP contribution in [-0.4, -0.2) is 27.8 Å². The van der Waals surface area contributed by atoms with Gasteiger partial charge >= 0.3 is 0 Å². The number of primary amides is 1. The number of para-hydroxylation sites is 1. The first kappa shape index (κ1) is 19.3. The molecule has 3 aromatic rings. The smallest absolute Gasteiger partial charge is 0.266 e. The highest BCUT2D eigenvalue weighted by Gasteiger charge is 2.21. The molecule has 0 saturated heterocycles. The number of halogens is 1. The fourth-order valence-electron chi connectivity index (χ4n) is 2.61. The van der Waals surface area contributed by atoms with E-state index in [2.05, 4.69) is 4.98 Å². The Bertz CT molecular complexity index is 1100. The predicted molar refractivity (Wildman–Crippen MR) is 108 cm³/mol. The monoisotopic (exact) mass is 403 g/mol. The van der Waals surface area contributed by atoms with Crippen molar-refractivity contribution in [3.8, 4) is 11.4 Å². The van der Waals surface area contributed by atoms with Crippen LogP contribution in [0.2, 0.25) is 5.02 Å². The zero-order valence-corrected chi connectivity index (χ0v) is 16.6. The largest absolute Gasteiger partial charge is 0.495 e. The molecule has 27 heavy (non-hydrogen) atoms. The number of rotatable bonds is 5. The van der Waals surface area contributed by atoms with Crippen molar-refractivity contribution in [2.75, 3.05) is 7.11 Å². The summed E-state index contributed by atoms with van der Waals surface area (Å²) in [6, 6.07) is 10.5. The average Bonchev–Trinajstić information content (AvgIpc) is 2.64. The summed E-state index contributed by atoms with van der Waals surface area (Å²) < 4.78 is 6.88. The molecule has 1 atom stereocenters. The quantitative estimate of drug-likeness (QED) is 0.521. The van der Waals surface area contributed by atoms with Gasteiger partial charge in [0.2, 0.25) is 5.91 Å². The molecule has 1 aromatic heterocycles. The van der Waals surface area contributed by atoms with E-state index in [-0.39, 0.29) is 5.56 Å². The van der Waals surface area contributed by atoms with E-state index in [4.69, 9.17) is 22.1 Å². The van der Waals surface area contributed by atoms with Crippen molar-refractivity contribution in [3.63, 3.8) is 0 Å². The van der Waals surface area contributed by atoms with Crippen LogP contribution in [0.25, 0.3) is 16.6 Å². The maximum absolute atomic E-state index is 13.3. The number of thioether (sulfide) groups is 1. The Balaban J connectivity index is 2.37. The minimum Gasteiger partial charge on any atom is -0.495 e. The molecule has 0 aliphatic heterocycles. The molecule has 2 aromatic carbocycles. The van der Waals surface area contributed by atoms with Gasteiger partial charge in [0.05, 0.1) is 29.0 Å². The normalized spacial score (nSPS) is 12.1. The Hall–Kier alpha value is -2.51. The maximum atomic E-state index is 13.3. The molecule has 6 nitrogen and oxygen atoms in total. The van der Waals surface area contributed by atoms with Gasteiger partial charge in [0.15, 0.2) is 5.16 Å². The van der Waals surface area contributed by atoms with Crippen molar-refractivity contribution in [2.24, 2.45) is 5.73 Å². The van der Waals surface area contributed by atoms with Crippen LogP contribution >= 0.6 is 23.4 Å². The summed E-state index contributed by atoms with van der Waals surface area (Å²) in [4.78, 5) is 29.4. The van der Waals surface area contributed by atoms with Gasteiger partial charge < -0.3 is 10.5 Å². The van der Waals surface area contributed by atoms with Crippen molar-refractivity contribution < 1.29 is 9.53 Å². The molecule has 0 fully saturated rings. The summed E-state index contributed by atoms with van der Waals surface area (Å²) in [6.45, 7) is 3.51. The topological polar surface area (TPSA) is 87.2 Å². The number of hydrogen-bond acceptors (Lipinski definition) is 5. The van der Waals surface area contributed by atoms with E-state index in [9.17, 15) is 9.59 Å². The van der Waals surface area contributed by atoms with E-state index in [1.807, 2.05) is 6.92 Å².